The lowest BCUT2D eigenvalue weighted by atomic mass is 10.0. The van der Waals surface area contributed by atoms with Crippen molar-refractivity contribution in [1.29, 1.82) is 0 Å². The fraction of sp³-hybridized carbons (Fsp3) is 0.364. The van der Waals surface area contributed by atoms with Crippen LogP contribution in [0.4, 0.5) is 0 Å². The van der Waals surface area contributed by atoms with E-state index in [0.29, 0.717) is 5.02 Å². The summed E-state index contributed by atoms with van der Waals surface area (Å²) in [7, 11) is 0. The van der Waals surface area contributed by atoms with Crippen molar-refractivity contribution in [2.75, 3.05) is 5.75 Å². The first-order valence-corrected chi connectivity index (χ1v) is 6.19. The molecule has 0 spiro atoms. The standard InChI is InChI=1S/C11H11ClO2S/c12-9-5-7(6-10(13)14)4-8-2-1-3-15-11(8)9/h4-5H,1-3,6H2,(H,13,14). The molecule has 0 amide bonds. The number of fused-ring (bicyclic) bond motifs is 1. The average molecular weight is 243 g/mol. The van der Waals surface area contributed by atoms with E-state index in [1.165, 1.54) is 5.56 Å². The van der Waals surface area contributed by atoms with Crippen molar-refractivity contribution in [3.8, 4) is 0 Å². The largest absolute Gasteiger partial charge is 0.481 e. The first-order chi connectivity index (χ1) is 7.16. The Balaban J connectivity index is 2.36. The van der Waals surface area contributed by atoms with Crippen LogP contribution in [0.15, 0.2) is 17.0 Å². The van der Waals surface area contributed by atoms with Crippen LogP contribution in [0.1, 0.15) is 17.5 Å². The van der Waals surface area contributed by atoms with E-state index in [0.717, 1.165) is 29.1 Å². The molecular weight excluding hydrogens is 232 g/mol. The van der Waals surface area contributed by atoms with Gasteiger partial charge < -0.3 is 5.11 Å². The van der Waals surface area contributed by atoms with Crippen LogP contribution >= 0.6 is 23.4 Å². The van der Waals surface area contributed by atoms with Crippen LogP contribution < -0.4 is 0 Å². The van der Waals surface area contributed by atoms with Gasteiger partial charge in [0, 0.05) is 4.90 Å². The molecule has 2 nitrogen and oxygen atoms in total. The number of carbonyl (C=O) groups is 1. The molecule has 0 unspecified atom stereocenters. The number of carboxylic acids is 1. The van der Waals surface area contributed by atoms with E-state index in [2.05, 4.69) is 0 Å². The van der Waals surface area contributed by atoms with E-state index in [1.807, 2.05) is 6.07 Å². The summed E-state index contributed by atoms with van der Waals surface area (Å²) in [6.07, 6.45) is 2.21. The van der Waals surface area contributed by atoms with Crippen molar-refractivity contribution in [2.45, 2.75) is 24.2 Å². The zero-order valence-electron chi connectivity index (χ0n) is 8.12. The van der Waals surface area contributed by atoms with Gasteiger partial charge in [0.2, 0.25) is 0 Å². The Morgan fingerprint density at radius 3 is 3.07 bits per heavy atom. The highest BCUT2D eigenvalue weighted by molar-refractivity contribution is 7.99. The van der Waals surface area contributed by atoms with Gasteiger partial charge in [-0.1, -0.05) is 17.7 Å². The average Bonchev–Trinajstić information content (AvgIpc) is 2.16. The first kappa shape index (κ1) is 10.8. The maximum absolute atomic E-state index is 10.6. The Hall–Kier alpha value is -0.670. The minimum absolute atomic E-state index is 0.0532. The Bertz CT molecular complexity index is 404. The molecular formula is C11H11ClO2S. The fourth-order valence-electron chi connectivity index (χ4n) is 1.77. The van der Waals surface area contributed by atoms with Crippen molar-refractivity contribution in [3.63, 3.8) is 0 Å². The highest BCUT2D eigenvalue weighted by Crippen LogP contribution is 2.36. The summed E-state index contributed by atoms with van der Waals surface area (Å²) in [5.41, 5.74) is 2.00. The molecule has 1 aliphatic heterocycles. The third-order valence-electron chi connectivity index (χ3n) is 2.37. The molecule has 0 aromatic heterocycles. The van der Waals surface area contributed by atoms with E-state index >= 15 is 0 Å². The van der Waals surface area contributed by atoms with Gasteiger partial charge in [-0.05, 0) is 35.8 Å². The molecule has 1 heterocycles. The second kappa shape index (κ2) is 4.45. The number of benzene rings is 1. The molecule has 4 heteroatoms. The molecule has 0 bridgehead atoms. The van der Waals surface area contributed by atoms with E-state index in [9.17, 15) is 4.79 Å². The summed E-state index contributed by atoms with van der Waals surface area (Å²) in [6.45, 7) is 0. The number of hydrogen-bond donors (Lipinski definition) is 1. The maximum Gasteiger partial charge on any atom is 0.307 e. The van der Waals surface area contributed by atoms with Crippen molar-refractivity contribution in [3.05, 3.63) is 28.3 Å². The monoisotopic (exact) mass is 242 g/mol. The Morgan fingerprint density at radius 2 is 2.33 bits per heavy atom. The van der Waals surface area contributed by atoms with Crippen LogP contribution in [0, 0.1) is 0 Å². The molecule has 2 rings (SSSR count). The molecule has 1 N–H and O–H groups in total. The number of aliphatic carboxylic acids is 1. The number of halogens is 1. The molecule has 1 aromatic rings. The molecule has 0 atom stereocenters. The minimum Gasteiger partial charge on any atom is -0.481 e. The minimum atomic E-state index is -0.811. The number of carboxylic acid groups (broad SMARTS) is 1. The number of hydrogen-bond acceptors (Lipinski definition) is 2. The van der Waals surface area contributed by atoms with Crippen LogP contribution in [-0.2, 0) is 17.6 Å². The molecule has 0 saturated carbocycles. The van der Waals surface area contributed by atoms with Crippen molar-refractivity contribution in [1.82, 2.24) is 0 Å². The number of rotatable bonds is 2. The summed E-state index contributed by atoms with van der Waals surface area (Å²) in [6, 6.07) is 3.74. The Kier molecular flexibility index (Phi) is 3.22. The normalized spacial score (nSPS) is 14.7. The molecule has 15 heavy (non-hydrogen) atoms. The predicted octanol–water partition coefficient (Wildman–Crippen LogP) is 3.01. The van der Waals surface area contributed by atoms with Gasteiger partial charge in [-0.3, -0.25) is 4.79 Å². The lowest BCUT2D eigenvalue weighted by molar-refractivity contribution is -0.136. The smallest absolute Gasteiger partial charge is 0.307 e. The highest BCUT2D eigenvalue weighted by atomic mass is 35.5. The van der Waals surface area contributed by atoms with Gasteiger partial charge in [-0.25, -0.2) is 0 Å². The van der Waals surface area contributed by atoms with Crippen LogP contribution in [0.25, 0.3) is 0 Å². The van der Waals surface area contributed by atoms with Crippen LogP contribution in [-0.4, -0.2) is 16.8 Å². The topological polar surface area (TPSA) is 37.3 Å². The third-order valence-corrected chi connectivity index (χ3v) is 4.05. The van der Waals surface area contributed by atoms with E-state index in [1.54, 1.807) is 17.8 Å². The quantitative estimate of drug-likeness (QED) is 0.866. The van der Waals surface area contributed by atoms with Crippen LogP contribution in [0.2, 0.25) is 5.02 Å². The van der Waals surface area contributed by atoms with Gasteiger partial charge in [-0.2, -0.15) is 0 Å². The van der Waals surface area contributed by atoms with Crippen LogP contribution in [0.5, 0.6) is 0 Å². The Labute approximate surface area is 97.6 Å². The number of thioether (sulfide) groups is 1. The predicted molar refractivity (Wildman–Crippen MR) is 61.8 cm³/mol. The number of aryl methyl sites for hydroxylation is 1. The Morgan fingerprint density at radius 1 is 1.53 bits per heavy atom. The van der Waals surface area contributed by atoms with E-state index in [4.69, 9.17) is 16.7 Å². The summed E-state index contributed by atoms with van der Waals surface area (Å²) in [5.74, 6) is 0.292. The van der Waals surface area contributed by atoms with Gasteiger partial charge in [0.15, 0.2) is 0 Å². The third kappa shape index (κ3) is 2.47. The molecule has 1 aromatic carbocycles. The first-order valence-electron chi connectivity index (χ1n) is 4.82. The molecule has 0 radical (unpaired) electrons. The van der Waals surface area contributed by atoms with Gasteiger partial charge in [0.25, 0.3) is 0 Å². The molecule has 0 aliphatic carbocycles. The molecule has 80 valence electrons. The van der Waals surface area contributed by atoms with Gasteiger partial charge in [0.1, 0.15) is 0 Å². The summed E-state index contributed by atoms with van der Waals surface area (Å²) in [5, 5.41) is 9.42. The highest BCUT2D eigenvalue weighted by Gasteiger charge is 2.15. The van der Waals surface area contributed by atoms with Crippen molar-refractivity contribution < 1.29 is 9.90 Å². The van der Waals surface area contributed by atoms with Crippen molar-refractivity contribution in [2.24, 2.45) is 0 Å². The second-order valence-electron chi connectivity index (χ2n) is 3.59. The molecule has 1 aliphatic rings. The summed E-state index contributed by atoms with van der Waals surface area (Å²) < 4.78 is 0. The van der Waals surface area contributed by atoms with E-state index in [-0.39, 0.29) is 6.42 Å². The second-order valence-corrected chi connectivity index (χ2v) is 5.10. The van der Waals surface area contributed by atoms with Crippen molar-refractivity contribution >= 4 is 29.3 Å². The zero-order valence-corrected chi connectivity index (χ0v) is 9.70. The lowest BCUT2D eigenvalue weighted by Gasteiger charge is -2.17. The lowest BCUT2D eigenvalue weighted by Crippen LogP contribution is -2.04. The molecule has 0 fully saturated rings. The summed E-state index contributed by atoms with van der Waals surface area (Å²) >= 11 is 7.88. The van der Waals surface area contributed by atoms with Gasteiger partial charge in [-0.15, -0.1) is 11.8 Å². The van der Waals surface area contributed by atoms with Gasteiger partial charge in [0.05, 0.1) is 11.4 Å². The zero-order chi connectivity index (χ0) is 10.8. The fourth-order valence-corrected chi connectivity index (χ4v) is 3.23. The maximum atomic E-state index is 10.6. The van der Waals surface area contributed by atoms with Crippen LogP contribution in [0.3, 0.4) is 0 Å². The van der Waals surface area contributed by atoms with E-state index < -0.39 is 5.97 Å². The van der Waals surface area contributed by atoms with Gasteiger partial charge >= 0.3 is 5.97 Å². The molecule has 0 saturated heterocycles. The SMILES string of the molecule is O=C(O)Cc1cc(Cl)c2c(c1)CCCS2. The summed E-state index contributed by atoms with van der Waals surface area (Å²) in [4.78, 5) is 11.7.